The summed E-state index contributed by atoms with van der Waals surface area (Å²) in [6, 6.07) is 18.2. The summed E-state index contributed by atoms with van der Waals surface area (Å²) in [5.74, 6) is 0.749. The molecule has 0 aliphatic carbocycles. The third-order valence-corrected chi connectivity index (χ3v) is 4.80. The van der Waals surface area contributed by atoms with E-state index >= 15 is 0 Å². The van der Waals surface area contributed by atoms with Crippen molar-refractivity contribution in [2.75, 3.05) is 0 Å². The lowest BCUT2D eigenvalue weighted by molar-refractivity contribution is 1.26. The van der Waals surface area contributed by atoms with Gasteiger partial charge in [0.2, 0.25) is 0 Å². The molecule has 0 unspecified atom stereocenters. The number of imidazole rings is 1. The molecule has 0 atom stereocenters. The maximum Gasteiger partial charge on any atom is 0.158 e. The fraction of sp³-hybridized carbons (Fsp3) is 0. The Balaban J connectivity index is 1.75. The molecule has 2 aromatic carbocycles. The van der Waals surface area contributed by atoms with Gasteiger partial charge in [-0.25, -0.2) is 9.97 Å². The van der Waals surface area contributed by atoms with Crippen molar-refractivity contribution in [2.45, 2.75) is 0 Å². The molecule has 0 spiro atoms. The normalized spacial score (nSPS) is 11.3. The summed E-state index contributed by atoms with van der Waals surface area (Å²) in [5.41, 5.74) is 6.63. The van der Waals surface area contributed by atoms with E-state index in [1.54, 1.807) is 0 Å². The fourth-order valence-corrected chi connectivity index (χ4v) is 3.63. The first-order chi connectivity index (χ1) is 11.9. The number of benzene rings is 2. The van der Waals surface area contributed by atoms with Crippen LogP contribution in [-0.2, 0) is 0 Å². The molecule has 3 aromatic heterocycles. The van der Waals surface area contributed by atoms with E-state index in [2.05, 4.69) is 37.6 Å². The summed E-state index contributed by atoms with van der Waals surface area (Å²) in [7, 11) is 0. The molecule has 0 aliphatic heterocycles. The minimum Gasteiger partial charge on any atom is -0.337 e. The van der Waals surface area contributed by atoms with E-state index < -0.39 is 0 Å². The van der Waals surface area contributed by atoms with Gasteiger partial charge in [-0.1, -0.05) is 36.4 Å². The average molecular weight is 327 g/mol. The highest BCUT2D eigenvalue weighted by atomic mass is 32.1. The molecule has 0 aliphatic rings. The third kappa shape index (κ3) is 2.02. The molecule has 0 saturated carbocycles. The zero-order valence-corrected chi connectivity index (χ0v) is 13.3. The number of aromatic amines is 1. The van der Waals surface area contributed by atoms with Gasteiger partial charge in [-0.15, -0.1) is 11.3 Å². The lowest BCUT2D eigenvalue weighted by Crippen LogP contribution is -1.88. The zero-order valence-electron chi connectivity index (χ0n) is 12.5. The molecule has 0 saturated heterocycles. The van der Waals surface area contributed by atoms with Gasteiger partial charge in [0.05, 0.1) is 21.6 Å². The Morgan fingerprint density at radius 2 is 1.79 bits per heavy atom. The molecule has 1 N–H and O–H groups in total. The number of rotatable bonds is 2. The Hall–Kier alpha value is -3.05. The van der Waals surface area contributed by atoms with Crippen molar-refractivity contribution in [3.63, 3.8) is 0 Å². The van der Waals surface area contributed by atoms with Crippen LogP contribution in [0.2, 0.25) is 0 Å². The third-order valence-electron chi connectivity index (χ3n) is 4.02. The fourth-order valence-electron chi connectivity index (χ4n) is 2.90. The quantitative estimate of drug-likeness (QED) is 0.511. The molecule has 5 heteroatoms. The smallest absolute Gasteiger partial charge is 0.158 e. The average Bonchev–Trinajstić information content (AvgIpc) is 3.27. The van der Waals surface area contributed by atoms with Crippen LogP contribution in [0.4, 0.5) is 0 Å². The second-order valence-electron chi connectivity index (χ2n) is 5.47. The first-order valence-electron chi connectivity index (χ1n) is 7.56. The summed E-state index contributed by atoms with van der Waals surface area (Å²) >= 11 is 1.46. The molecule has 4 nitrogen and oxygen atoms in total. The Labute approximate surface area is 141 Å². The van der Waals surface area contributed by atoms with E-state index in [0.29, 0.717) is 0 Å². The van der Waals surface area contributed by atoms with E-state index in [9.17, 15) is 0 Å². The minimum absolute atomic E-state index is 0.749. The van der Waals surface area contributed by atoms with Crippen LogP contribution >= 0.6 is 11.3 Å². The first kappa shape index (κ1) is 13.4. The number of hydrogen-bond acceptors (Lipinski definition) is 4. The van der Waals surface area contributed by atoms with E-state index in [0.717, 1.165) is 43.9 Å². The highest BCUT2D eigenvalue weighted by Gasteiger charge is 2.17. The second-order valence-corrected chi connectivity index (χ2v) is 6.26. The number of fused-ring (bicyclic) bond motifs is 2. The van der Waals surface area contributed by atoms with Gasteiger partial charge in [-0.05, 0) is 23.6 Å². The summed E-state index contributed by atoms with van der Waals surface area (Å²) in [6.07, 6.45) is 1.83. The van der Waals surface area contributed by atoms with E-state index in [1.807, 2.05) is 48.7 Å². The zero-order chi connectivity index (χ0) is 15.9. The van der Waals surface area contributed by atoms with Crippen LogP contribution in [0, 0.1) is 5.51 Å². The molecular formula is C19H11N4S. The Kier molecular flexibility index (Phi) is 2.93. The van der Waals surface area contributed by atoms with Gasteiger partial charge >= 0.3 is 0 Å². The van der Waals surface area contributed by atoms with Crippen molar-refractivity contribution in [3.05, 3.63) is 66.3 Å². The van der Waals surface area contributed by atoms with E-state index in [4.69, 9.17) is 0 Å². The van der Waals surface area contributed by atoms with Crippen LogP contribution in [0.5, 0.6) is 0 Å². The second kappa shape index (κ2) is 5.25. The van der Waals surface area contributed by atoms with Crippen LogP contribution in [-0.4, -0.2) is 19.9 Å². The Morgan fingerprint density at radius 3 is 2.75 bits per heavy atom. The lowest BCUT2D eigenvalue weighted by atomic mass is 10.1. The molecule has 0 bridgehead atoms. The van der Waals surface area contributed by atoms with Gasteiger partial charge in [-0.2, -0.15) is 0 Å². The molecule has 5 rings (SSSR count). The van der Waals surface area contributed by atoms with Crippen LogP contribution in [0.3, 0.4) is 0 Å². The maximum absolute atomic E-state index is 4.66. The number of nitrogens with zero attached hydrogens (tertiary/aromatic N) is 3. The molecule has 1 radical (unpaired) electrons. The van der Waals surface area contributed by atoms with E-state index in [-0.39, 0.29) is 0 Å². The molecular weight excluding hydrogens is 316 g/mol. The van der Waals surface area contributed by atoms with Crippen molar-refractivity contribution in [2.24, 2.45) is 0 Å². The van der Waals surface area contributed by atoms with Gasteiger partial charge in [0, 0.05) is 11.6 Å². The van der Waals surface area contributed by atoms with Gasteiger partial charge in [-0.3, -0.25) is 4.98 Å². The predicted octanol–water partition coefficient (Wildman–Crippen LogP) is 4.70. The van der Waals surface area contributed by atoms with Crippen LogP contribution in [0.1, 0.15) is 0 Å². The number of H-pyrrole nitrogens is 1. The van der Waals surface area contributed by atoms with Crippen LogP contribution in [0.25, 0.3) is 43.9 Å². The molecule has 113 valence electrons. The molecule has 3 heterocycles. The number of nitrogens with one attached hydrogen (secondary N) is 1. The van der Waals surface area contributed by atoms with Gasteiger partial charge in [0.15, 0.2) is 11.3 Å². The topological polar surface area (TPSA) is 54.5 Å². The van der Waals surface area contributed by atoms with Gasteiger partial charge < -0.3 is 4.98 Å². The number of thiazole rings is 1. The molecule has 24 heavy (non-hydrogen) atoms. The summed E-state index contributed by atoms with van der Waals surface area (Å²) in [5, 5.41) is 2.27. The first-order valence-corrected chi connectivity index (χ1v) is 8.38. The van der Waals surface area contributed by atoms with Gasteiger partial charge in [0.1, 0.15) is 5.69 Å². The maximum atomic E-state index is 4.66. The monoisotopic (exact) mass is 327 g/mol. The standard InChI is InChI=1S/C19H11N4S/c1-2-6-13-12(5-1)9-10-20-16(13)18-17(21-11-24-18)19-22-14-7-3-4-8-15(14)23-19/h1-10H,(H,22,23). The highest BCUT2D eigenvalue weighted by molar-refractivity contribution is 7.13. The number of aromatic nitrogens is 4. The minimum atomic E-state index is 0.749. The van der Waals surface area contributed by atoms with E-state index in [1.165, 1.54) is 11.3 Å². The van der Waals surface area contributed by atoms with Crippen LogP contribution in [0.15, 0.2) is 60.8 Å². The van der Waals surface area contributed by atoms with Crippen molar-refractivity contribution >= 4 is 33.1 Å². The SMILES string of the molecule is [c]1nc(-c2nc3ccccc3[nH]2)c(-c2nccc3ccccc23)s1. The largest absolute Gasteiger partial charge is 0.337 e. The van der Waals surface area contributed by atoms with Crippen molar-refractivity contribution in [3.8, 4) is 22.1 Å². The summed E-state index contributed by atoms with van der Waals surface area (Å²) in [6.45, 7) is 0. The number of pyridine rings is 1. The molecule has 0 amide bonds. The van der Waals surface area contributed by atoms with Gasteiger partial charge in [0.25, 0.3) is 0 Å². The number of hydrogen-bond donors (Lipinski definition) is 1. The Morgan fingerprint density at radius 1 is 0.917 bits per heavy atom. The molecule has 5 aromatic rings. The highest BCUT2D eigenvalue weighted by Crippen LogP contribution is 2.36. The van der Waals surface area contributed by atoms with Crippen LogP contribution < -0.4 is 0 Å². The van der Waals surface area contributed by atoms with Crippen molar-refractivity contribution in [1.29, 1.82) is 0 Å². The summed E-state index contributed by atoms with van der Waals surface area (Å²) in [4.78, 5) is 18.0. The lowest BCUT2D eigenvalue weighted by Gasteiger charge is -2.04. The van der Waals surface area contributed by atoms with Crippen molar-refractivity contribution < 1.29 is 0 Å². The summed E-state index contributed by atoms with van der Waals surface area (Å²) < 4.78 is 0. The molecule has 0 fully saturated rings. The predicted molar refractivity (Wildman–Crippen MR) is 96.8 cm³/mol. The number of para-hydroxylation sites is 2. The van der Waals surface area contributed by atoms with Crippen molar-refractivity contribution in [1.82, 2.24) is 19.9 Å². The Bertz CT molecular complexity index is 1130.